The molecular formula is C28H30F4O4. The van der Waals surface area contributed by atoms with Crippen molar-refractivity contribution in [1.29, 1.82) is 0 Å². The molecule has 0 amide bonds. The van der Waals surface area contributed by atoms with Crippen LogP contribution in [-0.2, 0) is 33.5 Å². The van der Waals surface area contributed by atoms with E-state index in [0.29, 0.717) is 43.6 Å². The Hall–Kier alpha value is -2.68. The molecule has 1 fully saturated rings. The fourth-order valence-electron chi connectivity index (χ4n) is 4.30. The summed E-state index contributed by atoms with van der Waals surface area (Å²) in [4.78, 5) is 0. The molecule has 0 saturated carbocycles. The van der Waals surface area contributed by atoms with Gasteiger partial charge in [-0.3, -0.25) is 0 Å². The highest BCUT2D eigenvalue weighted by Gasteiger charge is 2.28. The largest absolute Gasteiger partial charge is 0.484 e. The quantitative estimate of drug-likeness (QED) is 0.304. The Balaban J connectivity index is 1.31. The van der Waals surface area contributed by atoms with Crippen molar-refractivity contribution >= 4 is 10.8 Å². The molecule has 8 heteroatoms. The molecule has 0 aromatic heterocycles. The Morgan fingerprint density at radius 3 is 2.31 bits per heavy atom. The van der Waals surface area contributed by atoms with Crippen LogP contribution in [0.3, 0.4) is 0 Å². The number of rotatable bonds is 10. The van der Waals surface area contributed by atoms with Crippen molar-refractivity contribution in [1.82, 2.24) is 0 Å². The van der Waals surface area contributed by atoms with Crippen molar-refractivity contribution in [3.63, 3.8) is 0 Å². The maximum absolute atomic E-state index is 15.2. The average Bonchev–Trinajstić information content (AvgIpc) is 2.87. The van der Waals surface area contributed by atoms with Gasteiger partial charge in [0.1, 0.15) is 11.6 Å². The number of ether oxygens (including phenoxy) is 4. The third-order valence-corrected chi connectivity index (χ3v) is 6.21. The lowest BCUT2D eigenvalue weighted by atomic mass is 9.98. The van der Waals surface area contributed by atoms with Gasteiger partial charge in [0.2, 0.25) is 0 Å². The lowest BCUT2D eigenvalue weighted by Gasteiger charge is -2.29. The molecule has 0 spiro atoms. The van der Waals surface area contributed by atoms with Crippen LogP contribution < -0.4 is 4.74 Å². The number of alkyl halides is 3. The highest BCUT2D eigenvalue weighted by Crippen LogP contribution is 2.26. The van der Waals surface area contributed by atoms with Gasteiger partial charge in [0.15, 0.2) is 12.9 Å². The lowest BCUT2D eigenvalue weighted by molar-refractivity contribution is -0.208. The standard InChI is InChI=1S/C28H30F4O4/c1-33-15-21-16-34-26(35-17-21)13-6-20-5-12-25-23(14-20)9-8-22(27(25)29)7-2-19-3-10-24(11-4-19)36-18-28(30,31)32/h3-5,8-12,14,21,26H,2,6-7,13,15-18H2,1H3. The summed E-state index contributed by atoms with van der Waals surface area (Å²) in [5.41, 5.74) is 2.58. The van der Waals surface area contributed by atoms with Crippen LogP contribution in [0.5, 0.6) is 5.75 Å². The third-order valence-electron chi connectivity index (χ3n) is 6.21. The van der Waals surface area contributed by atoms with Crippen molar-refractivity contribution in [2.24, 2.45) is 5.92 Å². The van der Waals surface area contributed by atoms with Crippen molar-refractivity contribution in [2.75, 3.05) is 33.5 Å². The van der Waals surface area contributed by atoms with Gasteiger partial charge in [-0.25, -0.2) is 4.39 Å². The van der Waals surface area contributed by atoms with E-state index in [0.717, 1.165) is 29.4 Å². The first-order valence-corrected chi connectivity index (χ1v) is 12.0. The molecule has 0 bridgehead atoms. The van der Waals surface area contributed by atoms with Crippen LogP contribution in [-0.4, -0.2) is 46.0 Å². The fourth-order valence-corrected chi connectivity index (χ4v) is 4.30. The second-order valence-corrected chi connectivity index (χ2v) is 9.10. The minimum atomic E-state index is -4.38. The van der Waals surface area contributed by atoms with Gasteiger partial charge in [-0.2, -0.15) is 13.2 Å². The van der Waals surface area contributed by atoms with E-state index >= 15 is 4.39 Å². The monoisotopic (exact) mass is 506 g/mol. The SMILES string of the molecule is COCC1COC(CCc2ccc3c(F)c(CCc4ccc(OCC(F)(F)F)cc4)ccc3c2)OC1. The molecule has 4 nitrogen and oxygen atoms in total. The number of methoxy groups -OCH3 is 1. The summed E-state index contributed by atoms with van der Waals surface area (Å²) in [5, 5.41) is 1.41. The topological polar surface area (TPSA) is 36.9 Å². The van der Waals surface area contributed by atoms with E-state index in [2.05, 4.69) is 0 Å². The summed E-state index contributed by atoms with van der Waals surface area (Å²) in [6, 6.07) is 15.9. The van der Waals surface area contributed by atoms with E-state index in [4.69, 9.17) is 18.9 Å². The minimum absolute atomic E-state index is 0.153. The highest BCUT2D eigenvalue weighted by molar-refractivity contribution is 5.84. The first-order chi connectivity index (χ1) is 17.3. The summed E-state index contributed by atoms with van der Waals surface area (Å²) in [5.74, 6) is 0.175. The van der Waals surface area contributed by atoms with Gasteiger partial charge in [-0.1, -0.05) is 42.5 Å². The number of hydrogen-bond acceptors (Lipinski definition) is 4. The number of fused-ring (bicyclic) bond motifs is 1. The molecule has 1 heterocycles. The van der Waals surface area contributed by atoms with Gasteiger partial charge in [0.05, 0.1) is 19.8 Å². The van der Waals surface area contributed by atoms with Crippen LogP contribution >= 0.6 is 0 Å². The third kappa shape index (κ3) is 7.41. The number of benzene rings is 3. The van der Waals surface area contributed by atoms with E-state index in [9.17, 15) is 13.2 Å². The summed E-state index contributed by atoms with van der Waals surface area (Å²) in [7, 11) is 1.67. The van der Waals surface area contributed by atoms with Crippen LogP contribution in [0, 0.1) is 11.7 Å². The van der Waals surface area contributed by atoms with Crippen LogP contribution in [0.15, 0.2) is 54.6 Å². The lowest BCUT2D eigenvalue weighted by Crippen LogP contribution is -2.34. The molecule has 0 N–H and O–H groups in total. The molecule has 194 valence electrons. The van der Waals surface area contributed by atoms with Crippen LogP contribution in [0.4, 0.5) is 17.6 Å². The molecule has 0 unspecified atom stereocenters. The predicted molar refractivity (Wildman–Crippen MR) is 129 cm³/mol. The number of aryl methyl sites for hydroxylation is 3. The van der Waals surface area contributed by atoms with Gasteiger partial charge >= 0.3 is 6.18 Å². The summed E-state index contributed by atoms with van der Waals surface area (Å²) in [6.45, 7) is 0.547. The van der Waals surface area contributed by atoms with E-state index in [1.54, 1.807) is 25.3 Å². The molecule has 3 aromatic rings. The van der Waals surface area contributed by atoms with Crippen molar-refractivity contribution in [2.45, 2.75) is 38.1 Å². The summed E-state index contributed by atoms with van der Waals surface area (Å²) < 4.78 is 73.4. The van der Waals surface area contributed by atoms with E-state index < -0.39 is 12.8 Å². The molecule has 0 aliphatic carbocycles. The van der Waals surface area contributed by atoms with E-state index in [-0.39, 0.29) is 23.8 Å². The van der Waals surface area contributed by atoms with Crippen molar-refractivity contribution < 1.29 is 36.5 Å². The second kappa shape index (κ2) is 12.0. The Morgan fingerprint density at radius 1 is 0.889 bits per heavy atom. The molecule has 0 atom stereocenters. The zero-order chi connectivity index (χ0) is 25.5. The maximum atomic E-state index is 15.2. The minimum Gasteiger partial charge on any atom is -0.484 e. The Kier molecular flexibility index (Phi) is 8.82. The van der Waals surface area contributed by atoms with Gasteiger partial charge in [-0.05, 0) is 53.5 Å². The van der Waals surface area contributed by atoms with E-state index in [1.165, 1.54) is 12.1 Å². The zero-order valence-electron chi connectivity index (χ0n) is 20.2. The second-order valence-electron chi connectivity index (χ2n) is 9.10. The molecule has 1 aliphatic rings. The first-order valence-electron chi connectivity index (χ1n) is 12.0. The molecule has 0 radical (unpaired) electrons. The Bertz CT molecular complexity index is 1120. The molecule has 36 heavy (non-hydrogen) atoms. The zero-order valence-corrected chi connectivity index (χ0v) is 20.2. The van der Waals surface area contributed by atoms with Gasteiger partial charge < -0.3 is 18.9 Å². The summed E-state index contributed by atoms with van der Waals surface area (Å²) >= 11 is 0. The molecule has 1 aliphatic heterocycles. The Labute approximate surface area is 208 Å². The first kappa shape index (κ1) is 26.4. The molecule has 1 saturated heterocycles. The average molecular weight is 507 g/mol. The molecular weight excluding hydrogens is 476 g/mol. The predicted octanol–water partition coefficient (Wildman–Crippen LogP) is 6.27. The number of halogens is 4. The maximum Gasteiger partial charge on any atom is 0.422 e. The van der Waals surface area contributed by atoms with Crippen molar-refractivity contribution in [3.8, 4) is 5.75 Å². The molecule has 4 rings (SSSR count). The van der Waals surface area contributed by atoms with Gasteiger partial charge in [0, 0.05) is 24.8 Å². The fraction of sp³-hybridized carbons (Fsp3) is 0.429. The van der Waals surface area contributed by atoms with Gasteiger partial charge in [0.25, 0.3) is 0 Å². The van der Waals surface area contributed by atoms with Gasteiger partial charge in [-0.15, -0.1) is 0 Å². The van der Waals surface area contributed by atoms with Crippen molar-refractivity contribution in [3.05, 3.63) is 77.1 Å². The number of hydrogen-bond donors (Lipinski definition) is 0. The van der Waals surface area contributed by atoms with Crippen LogP contribution in [0.1, 0.15) is 23.1 Å². The van der Waals surface area contributed by atoms with Crippen LogP contribution in [0.2, 0.25) is 0 Å². The summed E-state index contributed by atoms with van der Waals surface area (Å²) in [6.07, 6.45) is -2.08. The smallest absolute Gasteiger partial charge is 0.422 e. The van der Waals surface area contributed by atoms with E-state index in [1.807, 2.05) is 24.3 Å². The van der Waals surface area contributed by atoms with Crippen LogP contribution in [0.25, 0.3) is 10.8 Å². The Morgan fingerprint density at radius 2 is 1.61 bits per heavy atom. The molecule has 3 aromatic carbocycles. The normalized spacial score (nSPS) is 18.5. The highest BCUT2D eigenvalue weighted by atomic mass is 19.4.